The van der Waals surface area contributed by atoms with Crippen molar-refractivity contribution in [2.45, 2.75) is 39.3 Å². The highest BCUT2D eigenvalue weighted by Gasteiger charge is 2.31. The Bertz CT molecular complexity index is 1300. The third kappa shape index (κ3) is 4.32. The summed E-state index contributed by atoms with van der Waals surface area (Å²) >= 11 is 1.62. The second kappa shape index (κ2) is 8.30. The van der Waals surface area contributed by atoms with Crippen molar-refractivity contribution in [1.82, 2.24) is 13.8 Å². The fourth-order valence-corrected chi connectivity index (χ4v) is 5.25. The van der Waals surface area contributed by atoms with E-state index in [0.29, 0.717) is 17.9 Å². The number of carbonyl (C=O) groups excluding carboxylic acids is 1. The Balaban J connectivity index is 1.89. The Morgan fingerprint density at radius 2 is 1.82 bits per heavy atom. The van der Waals surface area contributed by atoms with E-state index in [9.17, 15) is 13.2 Å². The minimum atomic E-state index is -3.63. The molecule has 1 amide bonds. The quantitative estimate of drug-likeness (QED) is 0.576. The Hall–Kier alpha value is -2.62. The van der Waals surface area contributed by atoms with Gasteiger partial charge in [-0.25, -0.2) is 0 Å². The number of hydrogen-bond donors (Lipinski definition) is 1. The zero-order valence-corrected chi connectivity index (χ0v) is 21.5. The Morgan fingerprint density at radius 1 is 1.09 bits per heavy atom. The number of benzene rings is 1. The molecule has 1 aliphatic heterocycles. The van der Waals surface area contributed by atoms with Crippen LogP contribution in [-0.2, 0) is 23.2 Å². The van der Waals surface area contributed by atoms with Crippen molar-refractivity contribution < 1.29 is 13.2 Å². The van der Waals surface area contributed by atoms with Crippen LogP contribution in [0, 0.1) is 0 Å². The molecule has 0 spiro atoms. The first-order valence-corrected chi connectivity index (χ1v) is 13.1. The summed E-state index contributed by atoms with van der Waals surface area (Å²) in [6.07, 6.45) is 0.765. The zero-order chi connectivity index (χ0) is 24.1. The van der Waals surface area contributed by atoms with Gasteiger partial charge in [-0.1, -0.05) is 12.1 Å². The Morgan fingerprint density at radius 3 is 2.42 bits per heavy atom. The molecule has 1 aliphatic rings. The molecule has 0 bridgehead atoms. The van der Waals surface area contributed by atoms with E-state index in [1.54, 1.807) is 22.3 Å². The summed E-state index contributed by atoms with van der Waals surface area (Å²) in [7, 11) is 1.19. The van der Waals surface area contributed by atoms with Gasteiger partial charge in [-0.05, 0) is 62.4 Å². The zero-order valence-electron chi connectivity index (χ0n) is 19.8. The second-order valence-electron chi connectivity index (χ2n) is 9.47. The molecule has 2 aromatic heterocycles. The standard InChI is InChI=1S/C24H30N4O3S2/c1-24(2,3)27(6)23(29)20-15-19(21-8-7-13-32-21)22-18-14-17(25-33(30,31)26(4)5)10-9-16(18)11-12-28(20)22/h7-10,13-15,25H,11-12H2,1-6H3. The highest BCUT2D eigenvalue weighted by atomic mass is 32.2. The van der Waals surface area contributed by atoms with Gasteiger partial charge in [0, 0.05) is 49.2 Å². The van der Waals surface area contributed by atoms with Crippen LogP contribution in [0.25, 0.3) is 21.7 Å². The monoisotopic (exact) mass is 486 g/mol. The molecular weight excluding hydrogens is 456 g/mol. The fourth-order valence-electron chi connectivity index (χ4n) is 3.90. The first-order valence-electron chi connectivity index (χ1n) is 10.8. The van der Waals surface area contributed by atoms with Crippen LogP contribution >= 0.6 is 11.3 Å². The SMILES string of the molecule is CN(C(=O)c1cc(-c2cccs2)c2n1CCc1ccc(NS(=O)(=O)N(C)C)cc1-2)C(C)(C)C. The van der Waals surface area contributed by atoms with Crippen molar-refractivity contribution in [3.05, 3.63) is 53.0 Å². The minimum absolute atomic E-state index is 0.0283. The van der Waals surface area contributed by atoms with E-state index in [1.165, 1.54) is 14.1 Å². The molecule has 0 saturated heterocycles. The maximum Gasteiger partial charge on any atom is 0.301 e. The van der Waals surface area contributed by atoms with E-state index in [-0.39, 0.29) is 11.4 Å². The molecule has 3 aromatic rings. The summed E-state index contributed by atoms with van der Waals surface area (Å²) in [5.74, 6) is -0.0283. The number of hydrogen-bond acceptors (Lipinski definition) is 4. The van der Waals surface area contributed by atoms with Crippen molar-refractivity contribution in [3.8, 4) is 21.7 Å². The minimum Gasteiger partial charge on any atom is -0.336 e. The number of thiophene rings is 1. The van der Waals surface area contributed by atoms with Crippen LogP contribution in [0.15, 0.2) is 41.8 Å². The lowest BCUT2D eigenvalue weighted by atomic mass is 9.95. The van der Waals surface area contributed by atoms with Crippen LogP contribution in [0.3, 0.4) is 0 Å². The van der Waals surface area contributed by atoms with Gasteiger partial charge in [-0.2, -0.15) is 12.7 Å². The van der Waals surface area contributed by atoms with Gasteiger partial charge >= 0.3 is 10.2 Å². The summed E-state index contributed by atoms with van der Waals surface area (Å²) in [5.41, 5.74) is 4.86. The number of aromatic nitrogens is 1. The number of carbonyl (C=O) groups is 1. The molecule has 0 atom stereocenters. The predicted molar refractivity (Wildman–Crippen MR) is 135 cm³/mol. The highest BCUT2D eigenvalue weighted by Crippen LogP contribution is 2.43. The largest absolute Gasteiger partial charge is 0.336 e. The molecule has 4 rings (SSSR count). The van der Waals surface area contributed by atoms with Crippen molar-refractivity contribution >= 4 is 33.1 Å². The van der Waals surface area contributed by atoms with Gasteiger partial charge in [0.1, 0.15) is 5.69 Å². The number of anilines is 1. The number of amides is 1. The van der Waals surface area contributed by atoms with Crippen molar-refractivity contribution in [2.75, 3.05) is 25.9 Å². The molecule has 0 radical (unpaired) electrons. The van der Waals surface area contributed by atoms with E-state index in [1.807, 2.05) is 57.5 Å². The lowest BCUT2D eigenvalue weighted by Crippen LogP contribution is -2.43. The van der Waals surface area contributed by atoms with Crippen molar-refractivity contribution in [3.63, 3.8) is 0 Å². The van der Waals surface area contributed by atoms with Crippen LogP contribution in [0.2, 0.25) is 0 Å². The van der Waals surface area contributed by atoms with Crippen LogP contribution in [-0.4, -0.2) is 54.8 Å². The third-order valence-electron chi connectivity index (χ3n) is 6.11. The number of nitrogens with one attached hydrogen (secondary N) is 1. The molecule has 0 unspecified atom stereocenters. The van der Waals surface area contributed by atoms with Crippen molar-refractivity contribution in [1.29, 1.82) is 0 Å². The normalized spacial score (nSPS) is 13.5. The van der Waals surface area contributed by atoms with Crippen LogP contribution in [0.1, 0.15) is 36.8 Å². The maximum absolute atomic E-state index is 13.5. The molecule has 0 aliphatic carbocycles. The van der Waals surface area contributed by atoms with E-state index >= 15 is 0 Å². The summed E-state index contributed by atoms with van der Waals surface area (Å²) in [4.78, 5) is 16.3. The topological polar surface area (TPSA) is 74.6 Å². The van der Waals surface area contributed by atoms with Gasteiger partial charge in [-0.3, -0.25) is 9.52 Å². The van der Waals surface area contributed by atoms with E-state index < -0.39 is 10.2 Å². The molecular formula is C24H30N4O3S2. The smallest absolute Gasteiger partial charge is 0.301 e. The van der Waals surface area contributed by atoms with E-state index in [2.05, 4.69) is 15.4 Å². The molecule has 3 heterocycles. The Kier molecular flexibility index (Phi) is 5.92. The number of rotatable bonds is 5. The number of nitrogens with zero attached hydrogens (tertiary/aromatic N) is 3. The highest BCUT2D eigenvalue weighted by molar-refractivity contribution is 7.90. The van der Waals surface area contributed by atoms with E-state index in [4.69, 9.17) is 0 Å². The summed E-state index contributed by atoms with van der Waals surface area (Å²) in [5, 5.41) is 2.02. The average molecular weight is 487 g/mol. The summed E-state index contributed by atoms with van der Waals surface area (Å²) < 4.78 is 30.7. The van der Waals surface area contributed by atoms with Gasteiger partial charge in [-0.15, -0.1) is 11.3 Å². The van der Waals surface area contributed by atoms with E-state index in [0.717, 1.165) is 38.0 Å². The molecule has 9 heteroatoms. The maximum atomic E-state index is 13.5. The third-order valence-corrected chi connectivity index (χ3v) is 8.47. The Labute approximate surface area is 199 Å². The fraction of sp³-hybridized carbons (Fsp3) is 0.375. The molecule has 176 valence electrons. The molecule has 1 N–H and O–H groups in total. The molecule has 33 heavy (non-hydrogen) atoms. The van der Waals surface area contributed by atoms with Crippen molar-refractivity contribution in [2.24, 2.45) is 0 Å². The van der Waals surface area contributed by atoms with Crippen LogP contribution < -0.4 is 4.72 Å². The lowest BCUT2D eigenvalue weighted by molar-refractivity contribution is 0.0644. The molecule has 0 fully saturated rings. The summed E-state index contributed by atoms with van der Waals surface area (Å²) in [6, 6.07) is 11.7. The first-order chi connectivity index (χ1) is 15.4. The summed E-state index contributed by atoms with van der Waals surface area (Å²) in [6.45, 7) is 6.74. The molecule has 0 saturated carbocycles. The molecule has 1 aromatic carbocycles. The second-order valence-corrected chi connectivity index (χ2v) is 12.3. The molecule has 7 nitrogen and oxygen atoms in total. The van der Waals surface area contributed by atoms with Gasteiger partial charge in [0.05, 0.1) is 11.4 Å². The van der Waals surface area contributed by atoms with Gasteiger partial charge in [0.25, 0.3) is 5.91 Å². The number of aryl methyl sites for hydroxylation is 1. The average Bonchev–Trinajstić information content (AvgIpc) is 3.39. The van der Waals surface area contributed by atoms with Crippen LogP contribution in [0.5, 0.6) is 0 Å². The van der Waals surface area contributed by atoms with Gasteiger partial charge < -0.3 is 9.47 Å². The lowest BCUT2D eigenvalue weighted by Gasteiger charge is -2.32. The first kappa shape index (κ1) is 23.5. The van der Waals surface area contributed by atoms with Crippen LogP contribution in [0.4, 0.5) is 5.69 Å². The van der Waals surface area contributed by atoms with Gasteiger partial charge in [0.2, 0.25) is 0 Å². The predicted octanol–water partition coefficient (Wildman–Crippen LogP) is 4.53. The number of fused-ring (bicyclic) bond motifs is 3. The van der Waals surface area contributed by atoms with Gasteiger partial charge in [0.15, 0.2) is 0 Å².